The number of hydrogen-bond acceptors (Lipinski definition) is 5. The van der Waals surface area contributed by atoms with Crippen molar-refractivity contribution in [2.24, 2.45) is 5.92 Å². The minimum absolute atomic E-state index is 0.0780. The van der Waals surface area contributed by atoms with Crippen LogP contribution in [0.25, 0.3) is 0 Å². The Hall–Kier alpha value is -1.55. The maximum absolute atomic E-state index is 12.1. The Kier molecular flexibility index (Phi) is 8.21. The largest absolute Gasteiger partial charge is 0.522 e. The Morgan fingerprint density at radius 3 is 2.53 bits per heavy atom. The predicted molar refractivity (Wildman–Crippen MR) is 102 cm³/mol. The minimum Gasteiger partial charge on any atom is -0.484 e. The Morgan fingerprint density at radius 2 is 1.90 bits per heavy atom. The van der Waals surface area contributed by atoms with Crippen molar-refractivity contribution in [1.29, 1.82) is 0 Å². The SMILES string of the molecule is O=C(COc1ccc(Cl)cc1)N[C@@H]1CC[C@@H](COCC2CC(OC(F)(F)F)C2)OC1. The Morgan fingerprint density at radius 1 is 1.17 bits per heavy atom. The second-order valence-electron chi connectivity index (χ2n) is 7.60. The number of carbonyl (C=O) groups excluding carboxylic acids is 1. The van der Waals surface area contributed by atoms with E-state index in [9.17, 15) is 18.0 Å². The van der Waals surface area contributed by atoms with Crippen LogP contribution in [0.2, 0.25) is 5.02 Å². The van der Waals surface area contributed by atoms with Gasteiger partial charge in [0.1, 0.15) is 5.75 Å². The number of alkyl halides is 3. The first-order valence-electron chi connectivity index (χ1n) is 9.88. The van der Waals surface area contributed by atoms with E-state index in [1.807, 2.05) is 0 Å². The van der Waals surface area contributed by atoms with E-state index in [1.165, 1.54) is 0 Å². The second-order valence-corrected chi connectivity index (χ2v) is 8.04. The third-order valence-corrected chi connectivity index (χ3v) is 5.32. The van der Waals surface area contributed by atoms with E-state index >= 15 is 0 Å². The fraction of sp³-hybridized carbons (Fsp3) is 0.650. The van der Waals surface area contributed by atoms with Crippen molar-refractivity contribution in [3.63, 3.8) is 0 Å². The fourth-order valence-electron chi connectivity index (χ4n) is 3.46. The lowest BCUT2D eigenvalue weighted by Gasteiger charge is -2.35. The lowest BCUT2D eigenvalue weighted by atomic mass is 9.83. The van der Waals surface area contributed by atoms with Gasteiger partial charge in [-0.25, -0.2) is 0 Å². The van der Waals surface area contributed by atoms with Crippen LogP contribution in [0.4, 0.5) is 13.2 Å². The molecule has 0 aromatic heterocycles. The molecule has 6 nitrogen and oxygen atoms in total. The summed E-state index contributed by atoms with van der Waals surface area (Å²) in [4.78, 5) is 12.0. The van der Waals surface area contributed by atoms with E-state index in [1.54, 1.807) is 24.3 Å². The van der Waals surface area contributed by atoms with Gasteiger partial charge in [-0.15, -0.1) is 13.2 Å². The van der Waals surface area contributed by atoms with Crippen LogP contribution >= 0.6 is 11.6 Å². The maximum Gasteiger partial charge on any atom is 0.522 e. The molecule has 1 aromatic rings. The molecule has 0 spiro atoms. The zero-order valence-corrected chi connectivity index (χ0v) is 17.1. The van der Waals surface area contributed by atoms with Gasteiger partial charge in [-0.3, -0.25) is 9.53 Å². The smallest absolute Gasteiger partial charge is 0.484 e. The molecule has 2 fully saturated rings. The van der Waals surface area contributed by atoms with Crippen LogP contribution in [-0.4, -0.2) is 56.9 Å². The molecule has 0 unspecified atom stereocenters. The fourth-order valence-corrected chi connectivity index (χ4v) is 3.59. The first kappa shape index (κ1) is 23.1. The number of hydrogen-bond donors (Lipinski definition) is 1. The average Bonchev–Trinajstić information content (AvgIpc) is 2.66. The summed E-state index contributed by atoms with van der Waals surface area (Å²) in [6.45, 7) is 1.08. The van der Waals surface area contributed by atoms with E-state index in [-0.39, 0.29) is 30.6 Å². The molecule has 1 aromatic carbocycles. The molecule has 168 valence electrons. The van der Waals surface area contributed by atoms with Crippen molar-refractivity contribution in [3.05, 3.63) is 29.3 Å². The number of nitrogens with one attached hydrogen (secondary N) is 1. The van der Waals surface area contributed by atoms with Crippen molar-refractivity contribution >= 4 is 17.5 Å². The summed E-state index contributed by atoms with van der Waals surface area (Å²) in [6.07, 6.45) is -3.20. The molecule has 1 N–H and O–H groups in total. The first-order valence-corrected chi connectivity index (χ1v) is 10.3. The van der Waals surface area contributed by atoms with E-state index < -0.39 is 12.5 Å². The van der Waals surface area contributed by atoms with Crippen LogP contribution in [0.15, 0.2) is 24.3 Å². The van der Waals surface area contributed by atoms with Gasteiger partial charge in [0.2, 0.25) is 0 Å². The molecule has 2 aliphatic rings. The summed E-state index contributed by atoms with van der Waals surface area (Å²) >= 11 is 5.80. The number of carbonyl (C=O) groups is 1. The Labute approximate surface area is 177 Å². The molecule has 30 heavy (non-hydrogen) atoms. The summed E-state index contributed by atoms with van der Waals surface area (Å²) in [5.41, 5.74) is 0. The molecular weight excluding hydrogens is 427 g/mol. The van der Waals surface area contributed by atoms with Gasteiger partial charge in [0, 0.05) is 11.6 Å². The van der Waals surface area contributed by atoms with Crippen molar-refractivity contribution < 1.29 is 36.9 Å². The molecule has 1 aliphatic heterocycles. The van der Waals surface area contributed by atoms with Gasteiger partial charge in [0.15, 0.2) is 6.61 Å². The van der Waals surface area contributed by atoms with Crippen LogP contribution < -0.4 is 10.1 Å². The summed E-state index contributed by atoms with van der Waals surface area (Å²) in [6, 6.07) is 6.67. The Bertz CT molecular complexity index is 674. The van der Waals surface area contributed by atoms with E-state index in [4.69, 9.17) is 25.8 Å². The molecular formula is C20H25ClF3NO5. The summed E-state index contributed by atoms with van der Waals surface area (Å²) in [5.74, 6) is 0.428. The lowest BCUT2D eigenvalue weighted by Crippen LogP contribution is -2.45. The highest BCUT2D eigenvalue weighted by Gasteiger charge is 2.40. The highest BCUT2D eigenvalue weighted by atomic mass is 35.5. The number of benzene rings is 1. The third kappa shape index (κ3) is 7.94. The normalized spacial score (nSPS) is 26.7. The van der Waals surface area contributed by atoms with Crippen LogP contribution in [0.1, 0.15) is 25.7 Å². The monoisotopic (exact) mass is 451 g/mol. The molecule has 1 heterocycles. The minimum atomic E-state index is -4.57. The maximum atomic E-state index is 12.1. The zero-order valence-electron chi connectivity index (χ0n) is 16.3. The quantitative estimate of drug-likeness (QED) is 0.620. The molecule has 10 heteroatoms. The summed E-state index contributed by atoms with van der Waals surface area (Å²) < 4.78 is 56.9. The molecule has 3 rings (SSSR count). The van der Waals surface area contributed by atoms with Gasteiger partial charge < -0.3 is 19.5 Å². The second kappa shape index (κ2) is 10.7. The van der Waals surface area contributed by atoms with Gasteiger partial charge in [-0.2, -0.15) is 0 Å². The zero-order chi connectivity index (χ0) is 21.6. The van der Waals surface area contributed by atoms with Gasteiger partial charge in [-0.05, 0) is 55.9 Å². The van der Waals surface area contributed by atoms with Crippen molar-refractivity contribution in [3.8, 4) is 5.75 Å². The van der Waals surface area contributed by atoms with E-state index in [2.05, 4.69) is 10.1 Å². The molecule has 1 amide bonds. The van der Waals surface area contributed by atoms with E-state index in [0.717, 1.165) is 12.8 Å². The highest BCUT2D eigenvalue weighted by Crippen LogP contribution is 2.34. The summed E-state index contributed by atoms with van der Waals surface area (Å²) in [5, 5.41) is 3.47. The van der Waals surface area contributed by atoms with Crippen LogP contribution in [0.3, 0.4) is 0 Å². The number of ether oxygens (including phenoxy) is 4. The van der Waals surface area contributed by atoms with Crippen LogP contribution in [0.5, 0.6) is 5.75 Å². The van der Waals surface area contributed by atoms with E-state index in [0.29, 0.717) is 43.4 Å². The number of halogens is 4. The van der Waals surface area contributed by atoms with Crippen molar-refractivity contribution in [2.75, 3.05) is 26.4 Å². The van der Waals surface area contributed by atoms with Gasteiger partial charge in [-0.1, -0.05) is 11.6 Å². The highest BCUT2D eigenvalue weighted by molar-refractivity contribution is 6.30. The van der Waals surface area contributed by atoms with Crippen LogP contribution in [0, 0.1) is 5.92 Å². The van der Waals surface area contributed by atoms with Crippen LogP contribution in [-0.2, 0) is 19.0 Å². The molecule has 1 saturated carbocycles. The Balaban J connectivity index is 1.22. The van der Waals surface area contributed by atoms with Gasteiger partial charge in [0.05, 0.1) is 31.5 Å². The average molecular weight is 452 g/mol. The topological polar surface area (TPSA) is 66.0 Å². The van der Waals surface area contributed by atoms with Gasteiger partial charge in [0.25, 0.3) is 5.91 Å². The molecule has 0 bridgehead atoms. The van der Waals surface area contributed by atoms with Crippen molar-refractivity contribution in [1.82, 2.24) is 5.32 Å². The number of amides is 1. The third-order valence-electron chi connectivity index (χ3n) is 5.07. The standard InChI is InChI=1S/C20H25ClF3NO5/c21-14-1-4-16(5-2-14)29-12-19(26)25-15-3-6-17(28-10-15)11-27-9-13-7-18(8-13)30-20(22,23)24/h1-2,4-5,13,15,17-18H,3,6-12H2,(H,25,26)/t13?,15-,17+,18?/m1/s1. The van der Waals surface area contributed by atoms with Crippen molar-refractivity contribution in [2.45, 2.75) is 50.3 Å². The molecule has 1 aliphatic carbocycles. The van der Waals surface area contributed by atoms with Gasteiger partial charge >= 0.3 is 6.36 Å². The number of rotatable bonds is 9. The predicted octanol–water partition coefficient (Wildman–Crippen LogP) is 3.71. The molecule has 0 radical (unpaired) electrons. The molecule has 2 atom stereocenters. The first-order chi connectivity index (χ1) is 14.3. The molecule has 1 saturated heterocycles. The lowest BCUT2D eigenvalue weighted by molar-refractivity contribution is -0.355. The summed E-state index contributed by atoms with van der Waals surface area (Å²) in [7, 11) is 0.